The lowest BCUT2D eigenvalue weighted by atomic mass is 9.99. The molecular formula is C13H22. The van der Waals surface area contributed by atoms with Gasteiger partial charge in [0.15, 0.2) is 0 Å². The van der Waals surface area contributed by atoms with E-state index >= 15 is 0 Å². The van der Waals surface area contributed by atoms with Gasteiger partial charge >= 0.3 is 0 Å². The van der Waals surface area contributed by atoms with Crippen molar-refractivity contribution in [3.8, 4) is 0 Å². The topological polar surface area (TPSA) is 0 Å². The van der Waals surface area contributed by atoms with Crippen molar-refractivity contribution in [1.29, 1.82) is 0 Å². The third kappa shape index (κ3) is 7.58. The molecule has 0 aliphatic rings. The maximum Gasteiger partial charge on any atom is -0.0199 e. The third-order valence-electron chi connectivity index (χ3n) is 2.11. The first kappa shape index (κ1) is 12.2. The highest BCUT2D eigenvalue weighted by Gasteiger charge is 1.98. The molecular weight excluding hydrogens is 156 g/mol. The van der Waals surface area contributed by atoms with E-state index in [1.54, 1.807) is 0 Å². The molecule has 0 saturated heterocycles. The third-order valence-corrected chi connectivity index (χ3v) is 2.11. The maximum absolute atomic E-state index is 3.85. The average molecular weight is 178 g/mol. The van der Waals surface area contributed by atoms with E-state index in [-0.39, 0.29) is 0 Å². The summed E-state index contributed by atoms with van der Waals surface area (Å²) in [7, 11) is 0. The van der Waals surface area contributed by atoms with Crippen molar-refractivity contribution in [2.24, 2.45) is 5.92 Å². The lowest BCUT2D eigenvalue weighted by molar-refractivity contribution is 0.607. The molecule has 0 aliphatic heterocycles. The lowest BCUT2D eigenvalue weighted by Crippen LogP contribution is -1.92. The molecule has 0 saturated carbocycles. The Hall–Kier alpha value is -0.780. The smallest absolute Gasteiger partial charge is 0.0199 e. The van der Waals surface area contributed by atoms with Crippen LogP contribution in [0.5, 0.6) is 0 Å². The Kier molecular flexibility index (Phi) is 8.75. The summed E-state index contributed by atoms with van der Waals surface area (Å²) in [6, 6.07) is 0. The van der Waals surface area contributed by atoms with Crippen LogP contribution in [0.15, 0.2) is 37.0 Å². The van der Waals surface area contributed by atoms with Gasteiger partial charge in [-0.15, -0.1) is 6.58 Å². The minimum absolute atomic E-state index is 0.651. The van der Waals surface area contributed by atoms with Gasteiger partial charge in [-0.05, 0) is 38.5 Å². The van der Waals surface area contributed by atoms with Crippen LogP contribution >= 0.6 is 0 Å². The Morgan fingerprint density at radius 1 is 1.23 bits per heavy atom. The second-order valence-corrected chi connectivity index (χ2v) is 3.26. The van der Waals surface area contributed by atoms with Crippen LogP contribution in [0.4, 0.5) is 0 Å². The van der Waals surface area contributed by atoms with Gasteiger partial charge in [0.05, 0.1) is 0 Å². The van der Waals surface area contributed by atoms with Crippen LogP contribution in [0.25, 0.3) is 0 Å². The van der Waals surface area contributed by atoms with Crippen molar-refractivity contribution in [1.82, 2.24) is 0 Å². The molecule has 0 heterocycles. The van der Waals surface area contributed by atoms with Gasteiger partial charge in [-0.1, -0.05) is 37.3 Å². The van der Waals surface area contributed by atoms with Crippen LogP contribution in [0.1, 0.15) is 39.5 Å². The fourth-order valence-corrected chi connectivity index (χ4v) is 1.24. The van der Waals surface area contributed by atoms with Gasteiger partial charge in [0.2, 0.25) is 0 Å². The first-order valence-electron chi connectivity index (χ1n) is 5.23. The van der Waals surface area contributed by atoms with Crippen molar-refractivity contribution in [2.75, 3.05) is 0 Å². The van der Waals surface area contributed by atoms with Gasteiger partial charge in [-0.3, -0.25) is 0 Å². The predicted octanol–water partition coefficient (Wildman–Crippen LogP) is 4.50. The van der Waals surface area contributed by atoms with Gasteiger partial charge in [0, 0.05) is 0 Å². The van der Waals surface area contributed by atoms with E-state index in [0.29, 0.717) is 5.92 Å². The van der Waals surface area contributed by atoms with E-state index in [9.17, 15) is 0 Å². The van der Waals surface area contributed by atoms with E-state index in [2.05, 4.69) is 50.8 Å². The van der Waals surface area contributed by atoms with Crippen molar-refractivity contribution in [3.05, 3.63) is 37.0 Å². The molecule has 0 N–H and O–H groups in total. The molecule has 0 rings (SSSR count). The second-order valence-electron chi connectivity index (χ2n) is 3.26. The fraction of sp³-hybridized carbons (Fsp3) is 0.538. The Morgan fingerprint density at radius 3 is 2.54 bits per heavy atom. The first-order chi connectivity index (χ1) is 6.35. The molecule has 0 bridgehead atoms. The Bertz CT molecular complexity index is 163. The van der Waals surface area contributed by atoms with Gasteiger partial charge in [-0.25, -0.2) is 0 Å². The SMILES string of the molecule is C=CC(C/C=C/C)CC/C=C/CC. The second kappa shape index (κ2) is 9.31. The number of allylic oxidation sites excluding steroid dienone is 5. The number of rotatable bonds is 7. The molecule has 0 heteroatoms. The summed E-state index contributed by atoms with van der Waals surface area (Å²) in [6.45, 7) is 8.09. The predicted molar refractivity (Wildman–Crippen MR) is 61.8 cm³/mol. The summed E-state index contributed by atoms with van der Waals surface area (Å²) in [4.78, 5) is 0. The van der Waals surface area contributed by atoms with Crippen LogP contribution in [0.3, 0.4) is 0 Å². The standard InChI is InChI=1S/C13H22/c1-4-7-9-10-12-13(6-3)11-8-5-2/h5-9,13H,3-4,10-12H2,1-2H3/b8-5+,9-7+. The van der Waals surface area contributed by atoms with Crippen LogP contribution < -0.4 is 0 Å². The maximum atomic E-state index is 3.85. The zero-order valence-corrected chi connectivity index (χ0v) is 9.00. The molecule has 0 spiro atoms. The summed E-state index contributed by atoms with van der Waals surface area (Å²) in [6.07, 6.45) is 15.6. The highest BCUT2D eigenvalue weighted by Crippen LogP contribution is 2.13. The monoisotopic (exact) mass is 178 g/mol. The molecule has 0 radical (unpaired) electrons. The molecule has 0 nitrogen and oxygen atoms in total. The number of hydrogen-bond donors (Lipinski definition) is 0. The summed E-state index contributed by atoms with van der Waals surface area (Å²) in [5.41, 5.74) is 0. The molecule has 0 aromatic heterocycles. The molecule has 1 atom stereocenters. The van der Waals surface area contributed by atoms with Crippen molar-refractivity contribution in [2.45, 2.75) is 39.5 Å². The Morgan fingerprint density at radius 2 is 2.00 bits per heavy atom. The molecule has 74 valence electrons. The fourth-order valence-electron chi connectivity index (χ4n) is 1.24. The quantitative estimate of drug-likeness (QED) is 0.503. The zero-order chi connectivity index (χ0) is 9.94. The van der Waals surface area contributed by atoms with Crippen molar-refractivity contribution >= 4 is 0 Å². The zero-order valence-electron chi connectivity index (χ0n) is 9.00. The molecule has 1 unspecified atom stereocenters. The molecule has 0 fully saturated rings. The van der Waals surface area contributed by atoms with Gasteiger partial charge in [0.1, 0.15) is 0 Å². The first-order valence-corrected chi connectivity index (χ1v) is 5.23. The van der Waals surface area contributed by atoms with E-state index < -0.39 is 0 Å². The normalized spacial score (nSPS) is 14.0. The van der Waals surface area contributed by atoms with Gasteiger partial charge in [0.25, 0.3) is 0 Å². The Labute approximate surface area is 83.0 Å². The van der Waals surface area contributed by atoms with Crippen LogP contribution in [0.2, 0.25) is 0 Å². The summed E-state index contributed by atoms with van der Waals surface area (Å²) in [5.74, 6) is 0.651. The molecule has 0 aliphatic carbocycles. The van der Waals surface area contributed by atoms with E-state index in [1.165, 1.54) is 12.8 Å². The highest BCUT2D eigenvalue weighted by atomic mass is 14.0. The van der Waals surface area contributed by atoms with Crippen molar-refractivity contribution in [3.63, 3.8) is 0 Å². The largest absolute Gasteiger partial charge is 0.103 e. The van der Waals surface area contributed by atoms with Gasteiger partial charge < -0.3 is 0 Å². The van der Waals surface area contributed by atoms with E-state index in [1.807, 2.05) is 0 Å². The highest BCUT2D eigenvalue weighted by molar-refractivity contribution is 4.90. The molecule has 0 aromatic carbocycles. The van der Waals surface area contributed by atoms with Crippen molar-refractivity contribution < 1.29 is 0 Å². The number of hydrogen-bond acceptors (Lipinski definition) is 0. The van der Waals surface area contributed by atoms with Crippen LogP contribution in [0, 0.1) is 5.92 Å². The average Bonchev–Trinajstić information content (AvgIpc) is 2.17. The molecule has 0 amide bonds. The summed E-state index contributed by atoms with van der Waals surface area (Å²) in [5, 5.41) is 0. The van der Waals surface area contributed by atoms with E-state index in [4.69, 9.17) is 0 Å². The van der Waals surface area contributed by atoms with Crippen LogP contribution in [-0.4, -0.2) is 0 Å². The van der Waals surface area contributed by atoms with Crippen LogP contribution in [-0.2, 0) is 0 Å². The molecule has 0 aromatic rings. The molecule has 13 heavy (non-hydrogen) atoms. The summed E-state index contributed by atoms with van der Waals surface area (Å²) >= 11 is 0. The lowest BCUT2D eigenvalue weighted by Gasteiger charge is -2.06. The Balaban J connectivity index is 3.59. The van der Waals surface area contributed by atoms with E-state index in [0.717, 1.165) is 12.8 Å². The minimum Gasteiger partial charge on any atom is -0.103 e. The summed E-state index contributed by atoms with van der Waals surface area (Å²) < 4.78 is 0. The van der Waals surface area contributed by atoms with Gasteiger partial charge in [-0.2, -0.15) is 0 Å². The minimum atomic E-state index is 0.651.